The molecule has 0 saturated carbocycles. The van der Waals surface area contributed by atoms with Crippen LogP contribution in [-0.4, -0.2) is 14.5 Å². The number of nitrogens with zero attached hydrogens (tertiary/aromatic N) is 3. The minimum atomic E-state index is -2.09. The second-order valence-corrected chi connectivity index (χ2v) is 15.1. The Bertz CT molecular complexity index is 2240. The third-order valence-electron chi connectivity index (χ3n) is 8.41. The van der Waals surface area contributed by atoms with Crippen LogP contribution in [0.1, 0.15) is 86.7 Å². The third kappa shape index (κ3) is 8.13. The van der Waals surface area contributed by atoms with Crippen LogP contribution in [0.5, 0.6) is 0 Å². The normalized spacial score (nSPS) is 12.7. The van der Waals surface area contributed by atoms with Crippen LogP contribution in [0.15, 0.2) is 103 Å². The van der Waals surface area contributed by atoms with Crippen molar-refractivity contribution in [2.24, 2.45) is 5.41 Å². The molecule has 7 aromatic rings. The first kappa shape index (κ1) is 32.3. The van der Waals surface area contributed by atoms with E-state index >= 15 is 0 Å². The number of fused-ring (bicyclic) bond motifs is 2. The molecule has 0 aliphatic carbocycles. The first-order valence-corrected chi connectivity index (χ1v) is 17.5. The zero-order chi connectivity index (χ0) is 36.5. The van der Waals surface area contributed by atoms with E-state index in [0.717, 1.165) is 40.1 Å². The van der Waals surface area contributed by atoms with E-state index < -0.39 is 6.85 Å². The van der Waals surface area contributed by atoms with Gasteiger partial charge in [0.05, 0.1) is 16.9 Å². The van der Waals surface area contributed by atoms with E-state index in [0.29, 0.717) is 11.8 Å². The molecule has 0 spiro atoms. The van der Waals surface area contributed by atoms with Crippen LogP contribution in [-0.2, 0) is 26.5 Å². The van der Waals surface area contributed by atoms with Crippen molar-refractivity contribution in [1.29, 1.82) is 0 Å². The van der Waals surface area contributed by atoms with Gasteiger partial charge < -0.3 is 9.55 Å². The number of para-hydroxylation sites is 3. The quantitative estimate of drug-likeness (QED) is 0.156. The molecule has 3 nitrogen and oxygen atoms in total. The summed E-state index contributed by atoms with van der Waals surface area (Å²) in [6, 6.07) is 36.0. The Kier molecular flexibility index (Phi) is 10.1. The fourth-order valence-electron chi connectivity index (χ4n) is 6.21. The largest absolute Gasteiger partial charge is 0.333 e. The minimum Gasteiger partial charge on any atom is -0.333 e. The van der Waals surface area contributed by atoms with Crippen LogP contribution in [0.2, 0.25) is 0 Å². The molecule has 0 N–H and O–H groups in total. The summed E-state index contributed by atoms with van der Waals surface area (Å²) in [4.78, 5) is 9.35. The van der Waals surface area contributed by atoms with Crippen molar-refractivity contribution in [1.82, 2.24) is 14.5 Å². The molecule has 0 saturated heterocycles. The topological polar surface area (TPSA) is 30.7 Å². The minimum absolute atomic E-state index is 0. The van der Waals surface area contributed by atoms with Gasteiger partial charge in [0.1, 0.15) is 0 Å². The van der Waals surface area contributed by atoms with Crippen LogP contribution in [0.25, 0.3) is 49.5 Å². The second-order valence-electron chi connectivity index (χ2n) is 14.2. The van der Waals surface area contributed by atoms with Crippen LogP contribution < -0.4 is 0 Å². The maximum Gasteiger partial charge on any atom is 0.0774 e. The summed E-state index contributed by atoms with van der Waals surface area (Å²) in [5.41, 5.74) is 10.7. The van der Waals surface area contributed by atoms with Gasteiger partial charge in [-0.1, -0.05) is 124 Å². The molecule has 0 atom stereocenters. The predicted octanol–water partition coefficient (Wildman–Crippen LogP) is 12.4. The van der Waals surface area contributed by atoms with Crippen molar-refractivity contribution in [3.63, 3.8) is 0 Å². The Morgan fingerprint density at radius 2 is 1.59 bits per heavy atom. The van der Waals surface area contributed by atoms with Crippen LogP contribution in [0, 0.1) is 23.7 Å². The number of hydrogen-bond donors (Lipinski definition) is 0. The van der Waals surface area contributed by atoms with Crippen molar-refractivity contribution in [3.05, 3.63) is 137 Å². The van der Waals surface area contributed by atoms with E-state index in [1.807, 2.05) is 18.2 Å². The van der Waals surface area contributed by atoms with Gasteiger partial charge in [-0.25, -0.2) is 0 Å². The molecule has 3 heterocycles. The molecule has 49 heavy (non-hydrogen) atoms. The van der Waals surface area contributed by atoms with Gasteiger partial charge >= 0.3 is 0 Å². The Balaban J connectivity index is 0.000000258. The van der Waals surface area contributed by atoms with Gasteiger partial charge in [0.15, 0.2) is 0 Å². The van der Waals surface area contributed by atoms with Crippen LogP contribution in [0.4, 0.5) is 0 Å². The Hall–Kier alpha value is -3.89. The Labute approximate surface area is 314 Å². The second kappa shape index (κ2) is 15.3. The third-order valence-corrected chi connectivity index (χ3v) is 9.29. The van der Waals surface area contributed by atoms with Crippen LogP contribution in [0.3, 0.4) is 0 Å². The monoisotopic (exact) mass is 843 g/mol. The number of imidazole rings is 1. The number of hydrogen-bond acceptors (Lipinski definition) is 3. The van der Waals surface area contributed by atoms with Gasteiger partial charge in [0.2, 0.25) is 0 Å². The fourth-order valence-corrected chi connectivity index (χ4v) is 7.03. The SMILES string of the molecule is CC(C)c1cccc(C(C)C)c1-n1c(-c2[c-]sc3ccc(CC(C)(C)C)cc23)nc2ccccc21.[2H]C([2H])([2H])c1ccc(-c2[c-]cccc2)nc1.[Ir]. The van der Waals surface area contributed by atoms with Gasteiger partial charge in [-0.3, -0.25) is 16.3 Å². The van der Waals surface area contributed by atoms with E-state index in [2.05, 4.69) is 130 Å². The predicted molar refractivity (Wildman–Crippen MR) is 205 cm³/mol. The molecule has 0 fully saturated rings. The van der Waals surface area contributed by atoms with Gasteiger partial charge in [0.25, 0.3) is 0 Å². The number of rotatable bonds is 6. The van der Waals surface area contributed by atoms with E-state index in [-0.39, 0.29) is 31.1 Å². The van der Waals surface area contributed by atoms with Crippen molar-refractivity contribution in [2.45, 2.75) is 73.6 Å². The maximum absolute atomic E-state index is 7.23. The molecule has 3 aromatic heterocycles. The van der Waals surface area contributed by atoms with Crippen molar-refractivity contribution in [2.75, 3.05) is 0 Å². The zero-order valence-corrected chi connectivity index (χ0v) is 32.5. The molecule has 7 rings (SSSR count). The molecule has 0 aliphatic heterocycles. The molecule has 0 aliphatic rings. The molecule has 1 radical (unpaired) electrons. The van der Waals surface area contributed by atoms with Crippen molar-refractivity contribution >= 4 is 32.5 Å². The van der Waals surface area contributed by atoms with Crippen LogP contribution >= 0.6 is 11.3 Å². The van der Waals surface area contributed by atoms with E-state index in [1.54, 1.807) is 29.5 Å². The van der Waals surface area contributed by atoms with E-state index in [1.165, 1.54) is 38.7 Å². The number of benzene rings is 4. The van der Waals surface area contributed by atoms with Gasteiger partial charge in [-0.05, 0) is 65.0 Å². The summed E-state index contributed by atoms with van der Waals surface area (Å²) in [6.07, 6.45) is 2.44. The summed E-state index contributed by atoms with van der Waals surface area (Å²) in [5, 5.41) is 4.90. The summed E-state index contributed by atoms with van der Waals surface area (Å²) >= 11 is 1.69. The van der Waals surface area contributed by atoms with Crippen molar-refractivity contribution in [3.8, 4) is 28.3 Å². The number of pyridine rings is 1. The molecule has 0 amide bonds. The summed E-state index contributed by atoms with van der Waals surface area (Å²) in [6.45, 7) is 13.9. The molecule has 253 valence electrons. The average molecular weight is 843 g/mol. The molecule has 0 unspecified atom stereocenters. The van der Waals surface area contributed by atoms with Crippen molar-refractivity contribution < 1.29 is 24.2 Å². The molecular formula is C44H45IrN3S-2. The first-order chi connectivity index (χ1) is 24.2. The summed E-state index contributed by atoms with van der Waals surface area (Å²) < 4.78 is 25.4. The van der Waals surface area contributed by atoms with Gasteiger partial charge in [0, 0.05) is 36.1 Å². The molecular weight excluding hydrogens is 795 g/mol. The molecule has 5 heteroatoms. The number of aromatic nitrogens is 3. The summed E-state index contributed by atoms with van der Waals surface area (Å²) in [5.74, 6) is 1.79. The number of thiophene rings is 1. The van der Waals surface area contributed by atoms with Gasteiger partial charge in [-0.15, -0.1) is 47.3 Å². The number of aryl methyl sites for hydroxylation is 1. The standard InChI is InChI=1S/C32H35N2S.C12H10N.Ir/c1-20(2)23-11-10-12-24(21(3)4)30(23)34-28-14-9-8-13-27(28)33-31(34)26-19-35-29-16-15-22(17-25(26)29)18-32(5,6)7;1-10-7-8-12(13-9-10)11-5-3-2-4-6-11;/h8-17,20-21H,18H2,1-7H3;2-5,7-9H,1H3;/q2*-1;/i;1D3;. The average Bonchev–Trinajstić information content (AvgIpc) is 3.68. The van der Waals surface area contributed by atoms with Gasteiger partial charge in [-0.2, -0.15) is 0 Å². The van der Waals surface area contributed by atoms with E-state index in [4.69, 9.17) is 9.10 Å². The Morgan fingerprint density at radius 3 is 2.22 bits per heavy atom. The molecule has 4 aromatic carbocycles. The smallest absolute Gasteiger partial charge is 0.0774 e. The van der Waals surface area contributed by atoms with E-state index in [9.17, 15) is 0 Å². The first-order valence-electron chi connectivity index (χ1n) is 18.2. The Morgan fingerprint density at radius 1 is 0.857 bits per heavy atom. The maximum atomic E-state index is 7.23. The fraction of sp³-hybridized carbons (Fsp3) is 0.273. The summed E-state index contributed by atoms with van der Waals surface area (Å²) in [7, 11) is 0. The zero-order valence-electron chi connectivity index (χ0n) is 32.3. The molecule has 0 bridgehead atoms.